The topological polar surface area (TPSA) is 66.5 Å². The number of hydrogen-bond acceptors (Lipinski definition) is 4. The fourth-order valence-corrected chi connectivity index (χ4v) is 3.47. The van der Waals surface area contributed by atoms with Gasteiger partial charge in [0.15, 0.2) is 0 Å². The zero-order chi connectivity index (χ0) is 13.0. The molecular formula is C12H16N2O3S. The molecule has 1 heterocycles. The van der Waals surface area contributed by atoms with E-state index in [0.717, 1.165) is 19.3 Å². The van der Waals surface area contributed by atoms with E-state index in [1.807, 2.05) is 6.26 Å². The SMILES string of the molecule is CSC1(CN2C(=O)NC(=O)C3(CCC3)C2=O)CC1. The van der Waals surface area contributed by atoms with Gasteiger partial charge in [0.2, 0.25) is 11.8 Å². The maximum atomic E-state index is 12.4. The third-order valence-corrected chi connectivity index (χ3v) is 5.85. The summed E-state index contributed by atoms with van der Waals surface area (Å²) in [5.74, 6) is -0.670. The van der Waals surface area contributed by atoms with Crippen molar-refractivity contribution in [2.75, 3.05) is 12.8 Å². The van der Waals surface area contributed by atoms with Gasteiger partial charge in [-0.25, -0.2) is 4.79 Å². The summed E-state index contributed by atoms with van der Waals surface area (Å²) in [6, 6.07) is -0.539. The molecule has 0 aromatic heterocycles. The Morgan fingerprint density at radius 1 is 1.22 bits per heavy atom. The molecule has 0 unspecified atom stereocenters. The zero-order valence-electron chi connectivity index (χ0n) is 10.3. The Bertz CT molecular complexity index is 441. The third-order valence-electron chi connectivity index (χ3n) is 4.45. The van der Waals surface area contributed by atoms with Crippen molar-refractivity contribution >= 4 is 29.6 Å². The van der Waals surface area contributed by atoms with Crippen molar-refractivity contribution in [3.8, 4) is 0 Å². The molecule has 0 aromatic rings. The first-order chi connectivity index (χ1) is 8.53. The van der Waals surface area contributed by atoms with Gasteiger partial charge in [0, 0.05) is 11.3 Å². The van der Waals surface area contributed by atoms with Gasteiger partial charge in [-0.1, -0.05) is 6.42 Å². The number of carbonyl (C=O) groups is 3. The number of carbonyl (C=O) groups excluding carboxylic acids is 3. The summed E-state index contributed by atoms with van der Waals surface area (Å²) in [7, 11) is 0. The first-order valence-electron chi connectivity index (χ1n) is 6.26. The van der Waals surface area contributed by atoms with Crippen LogP contribution in [0.25, 0.3) is 0 Å². The van der Waals surface area contributed by atoms with E-state index in [1.165, 1.54) is 4.90 Å². The summed E-state index contributed by atoms with van der Waals surface area (Å²) in [6.45, 7) is 0.438. The van der Waals surface area contributed by atoms with Crippen LogP contribution in [0.2, 0.25) is 0 Å². The van der Waals surface area contributed by atoms with Gasteiger partial charge in [0.05, 0.1) is 0 Å². The number of thioether (sulfide) groups is 1. The van der Waals surface area contributed by atoms with Gasteiger partial charge in [0.25, 0.3) is 0 Å². The van der Waals surface area contributed by atoms with E-state index in [9.17, 15) is 14.4 Å². The van der Waals surface area contributed by atoms with Crippen molar-refractivity contribution in [3.05, 3.63) is 0 Å². The Morgan fingerprint density at radius 3 is 2.33 bits per heavy atom. The molecule has 1 aliphatic heterocycles. The highest BCUT2D eigenvalue weighted by atomic mass is 32.2. The molecule has 0 atom stereocenters. The molecule has 1 saturated heterocycles. The minimum atomic E-state index is -0.928. The Kier molecular flexibility index (Phi) is 2.49. The number of nitrogens with zero attached hydrogens (tertiary/aromatic N) is 1. The Balaban J connectivity index is 1.83. The predicted octanol–water partition coefficient (Wildman–Crippen LogP) is 1.13. The Hall–Kier alpha value is -1.04. The van der Waals surface area contributed by atoms with Crippen LogP contribution in [0.15, 0.2) is 0 Å². The quantitative estimate of drug-likeness (QED) is 0.779. The fourth-order valence-electron chi connectivity index (χ4n) is 2.70. The van der Waals surface area contributed by atoms with Crippen LogP contribution in [0, 0.1) is 5.41 Å². The number of rotatable bonds is 3. The molecule has 1 spiro atoms. The van der Waals surface area contributed by atoms with Crippen LogP contribution in [-0.4, -0.2) is 40.3 Å². The first kappa shape index (κ1) is 12.0. The number of barbiturate groups is 1. The molecule has 0 radical (unpaired) electrons. The highest BCUT2D eigenvalue weighted by Gasteiger charge is 2.59. The zero-order valence-corrected chi connectivity index (χ0v) is 11.1. The van der Waals surface area contributed by atoms with Crippen LogP contribution < -0.4 is 5.32 Å². The van der Waals surface area contributed by atoms with Gasteiger partial charge in [-0.05, 0) is 31.9 Å². The van der Waals surface area contributed by atoms with Crippen LogP contribution >= 0.6 is 11.8 Å². The average molecular weight is 268 g/mol. The van der Waals surface area contributed by atoms with Gasteiger partial charge in [0.1, 0.15) is 5.41 Å². The van der Waals surface area contributed by atoms with E-state index in [-0.39, 0.29) is 10.7 Å². The summed E-state index contributed by atoms with van der Waals surface area (Å²) in [6.07, 6.45) is 6.11. The van der Waals surface area contributed by atoms with E-state index < -0.39 is 17.4 Å². The molecule has 2 aliphatic carbocycles. The largest absolute Gasteiger partial charge is 0.330 e. The molecule has 6 heteroatoms. The van der Waals surface area contributed by atoms with Crippen LogP contribution in [0.5, 0.6) is 0 Å². The van der Waals surface area contributed by atoms with E-state index in [0.29, 0.717) is 19.4 Å². The molecule has 3 aliphatic rings. The van der Waals surface area contributed by atoms with Crippen molar-refractivity contribution in [1.82, 2.24) is 10.2 Å². The van der Waals surface area contributed by atoms with Crippen LogP contribution in [-0.2, 0) is 9.59 Å². The van der Waals surface area contributed by atoms with Gasteiger partial charge in [-0.15, -0.1) is 0 Å². The summed E-state index contributed by atoms with van der Waals surface area (Å²) in [5, 5.41) is 2.34. The average Bonchev–Trinajstić information content (AvgIpc) is 3.03. The fraction of sp³-hybridized carbons (Fsp3) is 0.750. The van der Waals surface area contributed by atoms with Gasteiger partial charge in [-0.2, -0.15) is 11.8 Å². The lowest BCUT2D eigenvalue weighted by molar-refractivity contribution is -0.157. The van der Waals surface area contributed by atoms with Gasteiger partial charge < -0.3 is 0 Å². The maximum Gasteiger partial charge on any atom is 0.330 e. The Morgan fingerprint density at radius 2 is 1.89 bits per heavy atom. The molecule has 2 saturated carbocycles. The highest BCUT2D eigenvalue weighted by Crippen LogP contribution is 2.50. The molecule has 98 valence electrons. The molecular weight excluding hydrogens is 252 g/mol. The molecule has 18 heavy (non-hydrogen) atoms. The lowest BCUT2D eigenvalue weighted by Crippen LogP contribution is -2.66. The summed E-state index contributed by atoms with van der Waals surface area (Å²) in [4.78, 5) is 37.3. The number of imide groups is 2. The van der Waals surface area contributed by atoms with E-state index in [1.54, 1.807) is 11.8 Å². The van der Waals surface area contributed by atoms with E-state index in [4.69, 9.17) is 0 Å². The van der Waals surface area contributed by atoms with Crippen LogP contribution in [0.3, 0.4) is 0 Å². The normalized spacial score (nSPS) is 28.1. The molecule has 5 nitrogen and oxygen atoms in total. The van der Waals surface area contributed by atoms with E-state index in [2.05, 4.69) is 5.32 Å². The molecule has 0 aromatic carbocycles. The van der Waals surface area contributed by atoms with Gasteiger partial charge in [-0.3, -0.25) is 19.8 Å². The smallest absolute Gasteiger partial charge is 0.277 e. The number of nitrogens with one attached hydrogen (secondary N) is 1. The number of urea groups is 1. The second-order valence-electron chi connectivity index (χ2n) is 5.47. The van der Waals surface area contributed by atoms with Crippen molar-refractivity contribution in [1.29, 1.82) is 0 Å². The van der Waals surface area contributed by atoms with Crippen molar-refractivity contribution in [3.63, 3.8) is 0 Å². The lowest BCUT2D eigenvalue weighted by atomic mass is 9.66. The maximum absolute atomic E-state index is 12.4. The molecule has 4 amide bonds. The molecule has 3 rings (SSSR count). The summed E-state index contributed by atoms with van der Waals surface area (Å²) < 4.78 is 0.0400. The minimum Gasteiger partial charge on any atom is -0.277 e. The number of hydrogen-bond donors (Lipinski definition) is 1. The minimum absolute atomic E-state index is 0.0400. The highest BCUT2D eigenvalue weighted by molar-refractivity contribution is 8.00. The Labute approximate surface area is 110 Å². The molecule has 0 bridgehead atoms. The van der Waals surface area contributed by atoms with Crippen LogP contribution in [0.4, 0.5) is 4.79 Å². The second-order valence-corrected chi connectivity index (χ2v) is 6.75. The van der Waals surface area contributed by atoms with Gasteiger partial charge >= 0.3 is 6.03 Å². The van der Waals surface area contributed by atoms with Crippen LogP contribution in [0.1, 0.15) is 32.1 Å². The van der Waals surface area contributed by atoms with Crippen molar-refractivity contribution < 1.29 is 14.4 Å². The molecule has 1 N–H and O–H groups in total. The van der Waals surface area contributed by atoms with Crippen molar-refractivity contribution in [2.24, 2.45) is 5.41 Å². The molecule has 3 fully saturated rings. The standard InChI is InChI=1S/C12H16N2O3S/c1-18-11(5-6-11)7-14-9(16)12(3-2-4-12)8(15)13-10(14)17/h2-7H2,1H3,(H,13,15,17). The number of amides is 4. The predicted molar refractivity (Wildman–Crippen MR) is 67.0 cm³/mol. The second kappa shape index (κ2) is 3.73. The summed E-state index contributed by atoms with van der Waals surface area (Å²) in [5.41, 5.74) is -0.928. The third kappa shape index (κ3) is 1.51. The lowest BCUT2D eigenvalue weighted by Gasteiger charge is -2.45. The van der Waals surface area contributed by atoms with Crippen molar-refractivity contribution in [2.45, 2.75) is 36.9 Å². The monoisotopic (exact) mass is 268 g/mol. The first-order valence-corrected chi connectivity index (χ1v) is 7.48. The summed E-state index contributed by atoms with van der Waals surface area (Å²) >= 11 is 1.70. The van der Waals surface area contributed by atoms with E-state index >= 15 is 0 Å².